The fourth-order valence-electron chi connectivity index (χ4n) is 9.55. The molecule has 4 heterocycles. The molecule has 13 aromatic rings. The standard InChI is InChI=1S/C52H31N3S/c1-2-13-38-32(11-1)12-9-16-39(38)33-23-26-36(27-24-33)53(47-21-10-17-41-40-14-4-8-22-49(40)56-51(41)47)37-28-25-34-30-43-48(31-35(34)29-37)55-46-20-7-6-19-45(46)54-44-18-5-3-15-42(44)50(43)52(54)55/h1-31H. The third-order valence-electron chi connectivity index (χ3n) is 12.0. The molecule has 0 spiro atoms. The average molecular weight is 730 g/mol. The molecule has 4 heteroatoms. The number of hydrogen-bond donors (Lipinski definition) is 0. The largest absolute Gasteiger partial charge is 0.309 e. The van der Waals surface area contributed by atoms with E-state index in [1.807, 2.05) is 11.3 Å². The van der Waals surface area contributed by atoms with Crippen LogP contribution in [0.3, 0.4) is 0 Å². The summed E-state index contributed by atoms with van der Waals surface area (Å²) in [5.41, 5.74) is 12.1. The average Bonchev–Trinajstić information content (AvgIpc) is 3.99. The van der Waals surface area contributed by atoms with E-state index >= 15 is 0 Å². The van der Waals surface area contributed by atoms with Crippen molar-refractivity contribution < 1.29 is 0 Å². The van der Waals surface area contributed by atoms with Gasteiger partial charge in [-0.2, -0.15) is 0 Å². The second-order valence-corrected chi connectivity index (χ2v) is 16.0. The van der Waals surface area contributed by atoms with Crippen LogP contribution >= 0.6 is 11.3 Å². The Labute approximate surface area is 325 Å². The SMILES string of the molecule is c1ccc2c(-c3ccc(N(c4ccc5cc6c7c8ccccc8n8c9ccccc9n(c6cc5c4)c78)c4cccc5c4sc4ccccc45)cc3)cccc2c1. The van der Waals surface area contributed by atoms with E-state index in [2.05, 4.69) is 202 Å². The minimum atomic E-state index is 1.13. The van der Waals surface area contributed by atoms with E-state index in [4.69, 9.17) is 0 Å². The maximum Gasteiger partial charge on any atom is 0.131 e. The van der Waals surface area contributed by atoms with Crippen LogP contribution in [0.15, 0.2) is 188 Å². The predicted molar refractivity (Wildman–Crippen MR) is 240 cm³/mol. The van der Waals surface area contributed by atoms with Gasteiger partial charge in [0, 0.05) is 43.0 Å². The van der Waals surface area contributed by atoms with E-state index in [0.717, 1.165) is 11.4 Å². The van der Waals surface area contributed by atoms with Crippen molar-refractivity contribution in [2.45, 2.75) is 0 Å². The highest BCUT2D eigenvalue weighted by Crippen LogP contribution is 2.47. The maximum absolute atomic E-state index is 2.48. The number of benzene rings is 9. The molecule has 3 nitrogen and oxygen atoms in total. The summed E-state index contributed by atoms with van der Waals surface area (Å²) in [6.07, 6.45) is 0. The number of nitrogens with zero attached hydrogens (tertiary/aromatic N) is 3. The van der Waals surface area contributed by atoms with Crippen LogP contribution in [0.4, 0.5) is 17.1 Å². The molecule has 4 aromatic heterocycles. The van der Waals surface area contributed by atoms with Crippen molar-refractivity contribution in [2.75, 3.05) is 4.90 Å². The van der Waals surface area contributed by atoms with Gasteiger partial charge in [-0.3, -0.25) is 8.80 Å². The molecular formula is C52H31N3S. The van der Waals surface area contributed by atoms with Gasteiger partial charge in [0.05, 0.1) is 32.5 Å². The van der Waals surface area contributed by atoms with Crippen molar-refractivity contribution in [3.8, 4) is 11.1 Å². The zero-order valence-electron chi connectivity index (χ0n) is 30.1. The van der Waals surface area contributed by atoms with Gasteiger partial charge in [-0.1, -0.05) is 121 Å². The van der Waals surface area contributed by atoms with Crippen LogP contribution in [0, 0.1) is 0 Å². The Kier molecular flexibility index (Phi) is 6.04. The van der Waals surface area contributed by atoms with Crippen molar-refractivity contribution in [3.63, 3.8) is 0 Å². The summed E-state index contributed by atoms with van der Waals surface area (Å²) in [5, 5.41) is 11.5. The molecule has 260 valence electrons. The van der Waals surface area contributed by atoms with Crippen LogP contribution < -0.4 is 4.90 Å². The molecule has 0 fully saturated rings. The van der Waals surface area contributed by atoms with E-state index in [1.165, 1.54) is 102 Å². The second kappa shape index (κ2) is 11.2. The highest BCUT2D eigenvalue weighted by molar-refractivity contribution is 7.26. The first-order valence-corrected chi connectivity index (χ1v) is 20.0. The van der Waals surface area contributed by atoms with E-state index in [9.17, 15) is 0 Å². The van der Waals surface area contributed by atoms with Gasteiger partial charge in [-0.05, 0) is 99.4 Å². The molecule has 0 saturated heterocycles. The van der Waals surface area contributed by atoms with E-state index in [0.29, 0.717) is 0 Å². The molecular weight excluding hydrogens is 699 g/mol. The van der Waals surface area contributed by atoms with Gasteiger partial charge < -0.3 is 4.90 Å². The van der Waals surface area contributed by atoms with Gasteiger partial charge in [0.2, 0.25) is 0 Å². The lowest BCUT2D eigenvalue weighted by atomic mass is 9.98. The minimum absolute atomic E-state index is 1.13. The lowest BCUT2D eigenvalue weighted by molar-refractivity contribution is 1.29. The van der Waals surface area contributed by atoms with Gasteiger partial charge in [0.15, 0.2) is 0 Å². The van der Waals surface area contributed by atoms with Crippen molar-refractivity contribution in [2.24, 2.45) is 0 Å². The number of aromatic nitrogens is 2. The molecule has 0 unspecified atom stereocenters. The molecule has 0 aliphatic carbocycles. The van der Waals surface area contributed by atoms with Crippen LogP contribution in [0.2, 0.25) is 0 Å². The molecule has 0 radical (unpaired) electrons. The van der Waals surface area contributed by atoms with Gasteiger partial charge in [-0.25, -0.2) is 0 Å². The number of hydrogen-bond acceptors (Lipinski definition) is 2. The predicted octanol–water partition coefficient (Wildman–Crippen LogP) is 14.9. The summed E-state index contributed by atoms with van der Waals surface area (Å²) in [4.78, 5) is 2.46. The van der Waals surface area contributed by atoms with Crippen LogP contribution in [0.5, 0.6) is 0 Å². The third-order valence-corrected chi connectivity index (χ3v) is 13.2. The number of imidazole rings is 1. The zero-order valence-corrected chi connectivity index (χ0v) is 31.0. The van der Waals surface area contributed by atoms with Crippen LogP contribution in [-0.2, 0) is 0 Å². The van der Waals surface area contributed by atoms with Crippen LogP contribution in [0.25, 0.3) is 96.7 Å². The number of para-hydroxylation sites is 3. The van der Waals surface area contributed by atoms with Gasteiger partial charge in [0.25, 0.3) is 0 Å². The summed E-state index contributed by atoms with van der Waals surface area (Å²) >= 11 is 1.87. The van der Waals surface area contributed by atoms with Gasteiger partial charge >= 0.3 is 0 Å². The Morgan fingerprint density at radius 2 is 1.05 bits per heavy atom. The maximum atomic E-state index is 2.48. The Bertz CT molecular complexity index is 3710. The number of fused-ring (bicyclic) bond motifs is 14. The quantitative estimate of drug-likeness (QED) is 0.176. The van der Waals surface area contributed by atoms with E-state index in [-0.39, 0.29) is 0 Å². The zero-order chi connectivity index (χ0) is 36.5. The molecule has 13 rings (SSSR count). The minimum Gasteiger partial charge on any atom is -0.309 e. The summed E-state index contributed by atoms with van der Waals surface area (Å²) in [7, 11) is 0. The molecule has 0 atom stereocenters. The first-order valence-electron chi connectivity index (χ1n) is 19.2. The lowest BCUT2D eigenvalue weighted by Crippen LogP contribution is -2.10. The summed E-state index contributed by atoms with van der Waals surface area (Å²) in [6.45, 7) is 0. The monoisotopic (exact) mass is 729 g/mol. The molecule has 0 saturated carbocycles. The number of anilines is 3. The summed E-state index contributed by atoms with van der Waals surface area (Å²) in [6, 6.07) is 69.4. The second-order valence-electron chi connectivity index (χ2n) is 14.9. The van der Waals surface area contributed by atoms with Gasteiger partial charge in [0.1, 0.15) is 5.65 Å². The Balaban J connectivity index is 1.05. The molecule has 0 amide bonds. The molecule has 56 heavy (non-hydrogen) atoms. The first-order chi connectivity index (χ1) is 27.8. The van der Waals surface area contributed by atoms with Crippen molar-refractivity contribution in [1.29, 1.82) is 0 Å². The van der Waals surface area contributed by atoms with Crippen molar-refractivity contribution >= 4 is 114 Å². The topological polar surface area (TPSA) is 12.1 Å². The number of thiophene rings is 1. The first kappa shape index (κ1) is 30.2. The Morgan fingerprint density at radius 3 is 1.91 bits per heavy atom. The summed E-state index contributed by atoms with van der Waals surface area (Å²) < 4.78 is 7.52. The molecule has 0 aliphatic rings. The molecule has 0 aliphatic heterocycles. The smallest absolute Gasteiger partial charge is 0.131 e. The molecule has 0 bridgehead atoms. The number of rotatable bonds is 4. The Hall–Kier alpha value is -7.14. The fraction of sp³-hybridized carbons (Fsp3) is 0. The fourth-order valence-corrected chi connectivity index (χ4v) is 10.8. The van der Waals surface area contributed by atoms with Crippen LogP contribution in [-0.4, -0.2) is 8.80 Å². The Morgan fingerprint density at radius 1 is 0.393 bits per heavy atom. The molecule has 9 aromatic carbocycles. The normalized spacial score (nSPS) is 12.3. The van der Waals surface area contributed by atoms with Crippen molar-refractivity contribution in [1.82, 2.24) is 8.80 Å². The third kappa shape index (κ3) is 4.06. The highest BCUT2D eigenvalue weighted by Gasteiger charge is 2.24. The lowest BCUT2D eigenvalue weighted by Gasteiger charge is -2.26. The van der Waals surface area contributed by atoms with Crippen molar-refractivity contribution in [3.05, 3.63) is 188 Å². The molecule has 0 N–H and O–H groups in total. The summed E-state index contributed by atoms with van der Waals surface area (Å²) in [5.74, 6) is 0. The van der Waals surface area contributed by atoms with E-state index < -0.39 is 0 Å². The van der Waals surface area contributed by atoms with Gasteiger partial charge in [-0.15, -0.1) is 11.3 Å². The van der Waals surface area contributed by atoms with E-state index in [1.54, 1.807) is 0 Å². The van der Waals surface area contributed by atoms with Crippen LogP contribution in [0.1, 0.15) is 0 Å². The highest BCUT2D eigenvalue weighted by atomic mass is 32.1.